The fourth-order valence-electron chi connectivity index (χ4n) is 4.37. The molecule has 2 atom stereocenters. The van der Waals surface area contributed by atoms with Gasteiger partial charge in [0.25, 0.3) is 5.91 Å². The topological polar surface area (TPSA) is 76.0 Å². The lowest BCUT2D eigenvalue weighted by atomic mass is 9.87. The highest BCUT2D eigenvalue weighted by Gasteiger charge is 2.36. The van der Waals surface area contributed by atoms with Crippen LogP contribution in [0.25, 0.3) is 0 Å². The zero-order valence-corrected chi connectivity index (χ0v) is 16.2. The van der Waals surface area contributed by atoms with Crippen molar-refractivity contribution < 1.29 is 9.53 Å². The van der Waals surface area contributed by atoms with Crippen LogP contribution in [-0.2, 0) is 31.2 Å². The van der Waals surface area contributed by atoms with Crippen molar-refractivity contribution in [1.82, 2.24) is 24.9 Å². The number of nitrogens with zero attached hydrogens (tertiary/aromatic N) is 4. The number of carbonyl (C=O) groups excluding carboxylic acids is 1. The first-order valence-electron chi connectivity index (χ1n) is 9.27. The first-order valence-corrected chi connectivity index (χ1v) is 9.27. The average molecular weight is 357 g/mol. The molecule has 140 valence electrons. The average Bonchev–Trinajstić information content (AvgIpc) is 3.06. The van der Waals surface area contributed by atoms with Crippen LogP contribution in [0.4, 0.5) is 0 Å². The number of aromatic amines is 1. The summed E-state index contributed by atoms with van der Waals surface area (Å²) in [5.74, 6) is 0.0460. The van der Waals surface area contributed by atoms with Crippen molar-refractivity contribution in [3.05, 3.63) is 34.4 Å². The molecule has 2 aromatic rings. The van der Waals surface area contributed by atoms with Crippen molar-refractivity contribution in [1.29, 1.82) is 0 Å². The second-order valence-corrected chi connectivity index (χ2v) is 8.51. The van der Waals surface area contributed by atoms with Gasteiger partial charge in [-0.1, -0.05) is 13.8 Å². The summed E-state index contributed by atoms with van der Waals surface area (Å²) in [7, 11) is 1.86. The van der Waals surface area contributed by atoms with Gasteiger partial charge in [0, 0.05) is 43.4 Å². The molecule has 0 fully saturated rings. The number of fused-ring (bicyclic) bond motifs is 2. The standard InChI is InChI=1S/C19H27N5O2/c1-11-6-14-16(12(2)26-11)22-23(5)17(14)18(25)24-9-13-8-20-21-15(13)7-19(3,4)10-24/h8,11-12H,6-7,9-10H2,1-5H3,(H,20,21)/t11-,12+/m1/s1. The third kappa shape index (κ3) is 2.84. The van der Waals surface area contributed by atoms with E-state index in [1.54, 1.807) is 4.68 Å². The molecular formula is C19H27N5O2. The van der Waals surface area contributed by atoms with Gasteiger partial charge in [0.05, 0.1) is 24.1 Å². The molecular weight excluding hydrogens is 330 g/mol. The third-order valence-electron chi connectivity index (χ3n) is 5.42. The number of rotatable bonds is 1. The van der Waals surface area contributed by atoms with Crippen molar-refractivity contribution >= 4 is 5.91 Å². The number of ether oxygens (including phenoxy) is 1. The lowest BCUT2D eigenvalue weighted by molar-refractivity contribution is -0.00716. The Kier molecular flexibility index (Phi) is 3.95. The summed E-state index contributed by atoms with van der Waals surface area (Å²) in [6, 6.07) is 0. The number of hydrogen-bond acceptors (Lipinski definition) is 4. The fourth-order valence-corrected chi connectivity index (χ4v) is 4.37. The minimum Gasteiger partial charge on any atom is -0.369 e. The normalized spacial score (nSPS) is 24.7. The Morgan fingerprint density at radius 3 is 2.92 bits per heavy atom. The summed E-state index contributed by atoms with van der Waals surface area (Å²) in [5.41, 5.74) is 4.85. The van der Waals surface area contributed by atoms with Crippen LogP contribution in [0.5, 0.6) is 0 Å². The molecule has 0 spiro atoms. The number of amides is 1. The molecule has 2 aromatic heterocycles. The zero-order chi connectivity index (χ0) is 18.6. The molecule has 0 aliphatic carbocycles. The minimum atomic E-state index is -0.0810. The van der Waals surface area contributed by atoms with E-state index in [2.05, 4.69) is 29.1 Å². The van der Waals surface area contributed by atoms with E-state index in [1.807, 2.05) is 32.0 Å². The Morgan fingerprint density at radius 1 is 1.38 bits per heavy atom. The number of nitrogens with one attached hydrogen (secondary N) is 1. The monoisotopic (exact) mass is 357 g/mol. The molecule has 4 rings (SSSR count). The molecule has 0 saturated carbocycles. The minimum absolute atomic E-state index is 0.0181. The smallest absolute Gasteiger partial charge is 0.272 e. The van der Waals surface area contributed by atoms with Crippen molar-refractivity contribution in [2.24, 2.45) is 12.5 Å². The van der Waals surface area contributed by atoms with Crippen LogP contribution in [0.2, 0.25) is 0 Å². The zero-order valence-electron chi connectivity index (χ0n) is 16.2. The fraction of sp³-hybridized carbons (Fsp3) is 0.632. The second-order valence-electron chi connectivity index (χ2n) is 8.51. The van der Waals surface area contributed by atoms with Gasteiger partial charge in [-0.05, 0) is 25.7 Å². The van der Waals surface area contributed by atoms with E-state index in [4.69, 9.17) is 4.74 Å². The van der Waals surface area contributed by atoms with Gasteiger partial charge in [-0.15, -0.1) is 0 Å². The highest BCUT2D eigenvalue weighted by molar-refractivity contribution is 5.94. The quantitative estimate of drug-likeness (QED) is 0.850. The molecule has 0 unspecified atom stereocenters. The first kappa shape index (κ1) is 17.3. The molecule has 7 nitrogen and oxygen atoms in total. The Labute approximate surface area is 153 Å². The molecule has 0 bridgehead atoms. The van der Waals surface area contributed by atoms with Gasteiger partial charge in [-0.3, -0.25) is 14.6 Å². The van der Waals surface area contributed by atoms with E-state index in [0.29, 0.717) is 18.8 Å². The van der Waals surface area contributed by atoms with Crippen molar-refractivity contribution in [3.63, 3.8) is 0 Å². The number of H-pyrrole nitrogens is 1. The van der Waals surface area contributed by atoms with Crippen LogP contribution in [0.15, 0.2) is 6.20 Å². The largest absolute Gasteiger partial charge is 0.369 e. The van der Waals surface area contributed by atoms with Gasteiger partial charge in [0.2, 0.25) is 0 Å². The number of aromatic nitrogens is 4. The van der Waals surface area contributed by atoms with E-state index in [1.165, 1.54) is 0 Å². The highest BCUT2D eigenvalue weighted by atomic mass is 16.5. The van der Waals surface area contributed by atoms with E-state index in [9.17, 15) is 4.79 Å². The molecule has 1 amide bonds. The second kappa shape index (κ2) is 5.94. The number of aryl methyl sites for hydroxylation is 1. The third-order valence-corrected chi connectivity index (χ3v) is 5.42. The van der Waals surface area contributed by atoms with Crippen molar-refractivity contribution in [3.8, 4) is 0 Å². The summed E-state index contributed by atoms with van der Waals surface area (Å²) in [4.78, 5) is 15.5. The van der Waals surface area contributed by atoms with Crippen LogP contribution in [0.1, 0.15) is 66.8 Å². The van der Waals surface area contributed by atoms with E-state index in [-0.39, 0.29) is 23.5 Å². The summed E-state index contributed by atoms with van der Waals surface area (Å²) in [6.07, 6.45) is 3.46. The van der Waals surface area contributed by atoms with Gasteiger partial charge in [-0.2, -0.15) is 10.2 Å². The van der Waals surface area contributed by atoms with E-state index < -0.39 is 0 Å². The number of hydrogen-bond donors (Lipinski definition) is 1. The Bertz CT molecular complexity index is 850. The molecule has 0 saturated heterocycles. The Morgan fingerprint density at radius 2 is 2.15 bits per heavy atom. The first-order chi connectivity index (χ1) is 12.2. The SMILES string of the molecule is C[C@@H]1Cc2c(nn(C)c2C(=O)N2Cc3cn[nH]c3CC(C)(C)C2)[C@H](C)O1. The summed E-state index contributed by atoms with van der Waals surface area (Å²) >= 11 is 0. The maximum Gasteiger partial charge on any atom is 0.272 e. The van der Waals surface area contributed by atoms with Crippen LogP contribution in [-0.4, -0.2) is 43.4 Å². The maximum absolute atomic E-state index is 13.5. The van der Waals surface area contributed by atoms with Gasteiger partial charge >= 0.3 is 0 Å². The molecule has 1 N–H and O–H groups in total. The molecule has 4 heterocycles. The highest BCUT2D eigenvalue weighted by Crippen LogP contribution is 2.34. The molecule has 0 radical (unpaired) electrons. The lowest BCUT2D eigenvalue weighted by Gasteiger charge is -2.30. The molecule has 2 aliphatic heterocycles. The molecule has 7 heteroatoms. The van der Waals surface area contributed by atoms with Crippen molar-refractivity contribution in [2.45, 2.75) is 59.3 Å². The van der Waals surface area contributed by atoms with E-state index >= 15 is 0 Å². The molecule has 0 aromatic carbocycles. The van der Waals surface area contributed by atoms with Gasteiger partial charge in [-0.25, -0.2) is 0 Å². The predicted molar refractivity (Wildman–Crippen MR) is 96.7 cm³/mol. The summed E-state index contributed by atoms with van der Waals surface area (Å²) in [5, 5.41) is 11.9. The van der Waals surface area contributed by atoms with Crippen molar-refractivity contribution in [2.75, 3.05) is 6.54 Å². The van der Waals surface area contributed by atoms with E-state index in [0.717, 1.165) is 35.4 Å². The van der Waals surface area contributed by atoms with Gasteiger partial charge < -0.3 is 9.64 Å². The van der Waals surface area contributed by atoms with Crippen LogP contribution in [0, 0.1) is 5.41 Å². The molecule has 2 aliphatic rings. The van der Waals surface area contributed by atoms with Crippen LogP contribution >= 0.6 is 0 Å². The lowest BCUT2D eigenvalue weighted by Crippen LogP contribution is -2.39. The predicted octanol–water partition coefficient (Wildman–Crippen LogP) is 2.39. The van der Waals surface area contributed by atoms with Gasteiger partial charge in [0.1, 0.15) is 5.69 Å². The van der Waals surface area contributed by atoms with Crippen LogP contribution in [0.3, 0.4) is 0 Å². The number of carbonyl (C=O) groups is 1. The Hall–Kier alpha value is -2.15. The Balaban J connectivity index is 1.72. The van der Waals surface area contributed by atoms with Gasteiger partial charge in [0.15, 0.2) is 0 Å². The molecule has 26 heavy (non-hydrogen) atoms. The summed E-state index contributed by atoms with van der Waals surface area (Å²) < 4.78 is 7.62. The van der Waals surface area contributed by atoms with Crippen LogP contribution < -0.4 is 0 Å². The maximum atomic E-state index is 13.5. The summed E-state index contributed by atoms with van der Waals surface area (Å²) in [6.45, 7) is 9.72.